The van der Waals surface area contributed by atoms with E-state index in [1.807, 2.05) is 35.5 Å². The second-order valence-electron chi connectivity index (χ2n) is 4.12. The number of imidazole rings is 1. The van der Waals surface area contributed by atoms with Crippen LogP contribution in [0.15, 0.2) is 12.4 Å². The predicted molar refractivity (Wildman–Crippen MR) is 69.4 cm³/mol. The highest BCUT2D eigenvalue weighted by Gasteiger charge is 2.28. The van der Waals surface area contributed by atoms with Crippen molar-refractivity contribution in [3.63, 3.8) is 0 Å². The Kier molecular flexibility index (Phi) is 6.56. The van der Waals surface area contributed by atoms with E-state index in [0.29, 0.717) is 13.2 Å². The molecule has 9 heteroatoms. The Hall–Kier alpha value is -1.00. The molecular formula is C11H21N2O6S+. The molecule has 8 nitrogen and oxygen atoms in total. The topological polar surface area (TPSA) is 90.9 Å². The summed E-state index contributed by atoms with van der Waals surface area (Å²) in [6, 6.07) is 0. The minimum absolute atomic E-state index is 0.283. The lowest BCUT2D eigenvalue weighted by Gasteiger charge is -2.15. The van der Waals surface area contributed by atoms with E-state index in [1.165, 1.54) is 0 Å². The summed E-state index contributed by atoms with van der Waals surface area (Å²) in [7, 11) is -1.14. The molecule has 116 valence electrons. The molecule has 1 rings (SSSR count). The maximum absolute atomic E-state index is 10.7. The highest BCUT2D eigenvalue weighted by atomic mass is 32.3. The normalized spacial score (nSPS) is 13.6. The zero-order chi connectivity index (χ0) is 15.2. The van der Waals surface area contributed by atoms with Crippen LogP contribution in [0.25, 0.3) is 0 Å². The molecule has 0 spiro atoms. The average molecular weight is 309 g/mol. The Balaban J connectivity index is 2.87. The van der Waals surface area contributed by atoms with E-state index >= 15 is 0 Å². The zero-order valence-corrected chi connectivity index (χ0v) is 12.7. The largest absolute Gasteiger partial charge is 0.397 e. The van der Waals surface area contributed by atoms with Gasteiger partial charge in [-0.3, -0.25) is 4.55 Å². The maximum atomic E-state index is 10.7. The molecule has 0 saturated heterocycles. The van der Waals surface area contributed by atoms with Crippen LogP contribution in [0.4, 0.5) is 0 Å². The molecule has 0 aliphatic heterocycles. The molecule has 20 heavy (non-hydrogen) atoms. The number of hydrogen-bond acceptors (Lipinski definition) is 5. The van der Waals surface area contributed by atoms with Crippen LogP contribution >= 0.6 is 0 Å². The number of nitrogens with zero attached hydrogens (tertiary/aromatic N) is 2. The van der Waals surface area contributed by atoms with Gasteiger partial charge >= 0.3 is 10.4 Å². The Morgan fingerprint density at radius 1 is 1.45 bits per heavy atom. The Bertz CT molecular complexity index is 513. The van der Waals surface area contributed by atoms with Gasteiger partial charge in [0, 0.05) is 7.11 Å². The zero-order valence-electron chi connectivity index (χ0n) is 11.9. The lowest BCUT2D eigenvalue weighted by molar-refractivity contribution is -0.683. The third-order valence-corrected chi connectivity index (χ3v) is 3.16. The summed E-state index contributed by atoms with van der Waals surface area (Å²) in [6.07, 6.45) is 3.06. The number of rotatable bonds is 9. The smallest absolute Gasteiger partial charge is 0.382 e. The Morgan fingerprint density at radius 2 is 2.15 bits per heavy atom. The van der Waals surface area contributed by atoms with Crippen LogP contribution in [0.5, 0.6) is 0 Å². The quantitative estimate of drug-likeness (QED) is 0.388. The first-order chi connectivity index (χ1) is 9.39. The first-order valence-corrected chi connectivity index (χ1v) is 7.52. The second-order valence-corrected chi connectivity index (χ2v) is 5.21. The Labute approximate surface area is 118 Å². The van der Waals surface area contributed by atoms with E-state index < -0.39 is 16.5 Å². The molecule has 0 saturated carbocycles. The van der Waals surface area contributed by atoms with Crippen molar-refractivity contribution in [1.82, 2.24) is 4.57 Å². The van der Waals surface area contributed by atoms with Crippen LogP contribution in [-0.4, -0.2) is 44.5 Å². The summed E-state index contributed by atoms with van der Waals surface area (Å²) in [4.78, 5) is 0. The number of hydrogen-bond donors (Lipinski definition) is 1. The first kappa shape index (κ1) is 17.1. The van der Waals surface area contributed by atoms with Crippen LogP contribution in [0.1, 0.15) is 18.9 Å². The van der Waals surface area contributed by atoms with Crippen molar-refractivity contribution in [1.29, 1.82) is 0 Å². The number of ether oxygens (including phenoxy) is 2. The summed E-state index contributed by atoms with van der Waals surface area (Å²) >= 11 is 0. The molecule has 1 aromatic rings. The molecule has 0 amide bonds. The summed E-state index contributed by atoms with van der Waals surface area (Å²) in [6.45, 7) is 3.01. The molecule has 1 N–H and O–H groups in total. The van der Waals surface area contributed by atoms with Crippen LogP contribution in [0, 0.1) is 0 Å². The average Bonchev–Trinajstić information content (AvgIpc) is 2.74. The van der Waals surface area contributed by atoms with Crippen LogP contribution in [0.2, 0.25) is 0 Å². The molecule has 1 aromatic heterocycles. The molecule has 1 atom stereocenters. The molecule has 0 fully saturated rings. The summed E-state index contributed by atoms with van der Waals surface area (Å²) < 4.78 is 48.7. The van der Waals surface area contributed by atoms with Crippen molar-refractivity contribution < 1.29 is 31.2 Å². The fourth-order valence-electron chi connectivity index (χ4n) is 1.83. The number of aromatic nitrogens is 2. The lowest BCUT2D eigenvalue weighted by Crippen LogP contribution is -2.37. The van der Waals surface area contributed by atoms with Gasteiger partial charge in [-0.2, -0.15) is 8.42 Å². The highest BCUT2D eigenvalue weighted by Crippen LogP contribution is 2.16. The molecule has 1 heterocycles. The summed E-state index contributed by atoms with van der Waals surface area (Å²) in [5.74, 6) is 0.743. The van der Waals surface area contributed by atoms with Crippen molar-refractivity contribution in [2.24, 2.45) is 7.05 Å². The van der Waals surface area contributed by atoms with Gasteiger partial charge in [-0.25, -0.2) is 13.3 Å². The van der Waals surface area contributed by atoms with Crippen LogP contribution in [-0.2, 0) is 37.6 Å². The SMILES string of the molecule is CCn1cc[n+](C)c1C(COS(=O)(=O)O)OCCOC. The van der Waals surface area contributed by atoms with Gasteiger partial charge in [0.1, 0.15) is 19.0 Å². The lowest BCUT2D eigenvalue weighted by atomic mass is 10.3. The standard InChI is InChI=1S/C11H20N2O6S/c1-4-13-6-5-12(2)11(13)10(18-8-7-17-3)9-19-20(14,15)16/h5-6,10H,4,7-9H2,1-3H3/p+1. The van der Waals surface area contributed by atoms with Crippen molar-refractivity contribution in [2.45, 2.75) is 19.6 Å². The van der Waals surface area contributed by atoms with Gasteiger partial charge in [-0.05, 0) is 6.92 Å². The molecule has 0 aromatic carbocycles. The van der Waals surface area contributed by atoms with Gasteiger partial charge in [0.25, 0.3) is 5.82 Å². The van der Waals surface area contributed by atoms with Crippen LogP contribution < -0.4 is 4.57 Å². The third kappa shape index (κ3) is 5.17. The molecule has 0 bridgehead atoms. The van der Waals surface area contributed by atoms with Gasteiger partial charge in [0.15, 0.2) is 6.10 Å². The fourth-order valence-corrected chi connectivity index (χ4v) is 2.13. The van der Waals surface area contributed by atoms with Crippen molar-refractivity contribution in [2.75, 3.05) is 26.9 Å². The van der Waals surface area contributed by atoms with E-state index in [-0.39, 0.29) is 13.2 Å². The molecular weight excluding hydrogens is 288 g/mol. The van der Waals surface area contributed by atoms with Crippen molar-refractivity contribution in [3.8, 4) is 0 Å². The highest BCUT2D eigenvalue weighted by molar-refractivity contribution is 7.80. The third-order valence-electron chi connectivity index (χ3n) is 2.73. The van der Waals surface area contributed by atoms with Gasteiger partial charge < -0.3 is 9.47 Å². The molecule has 0 aliphatic carbocycles. The Morgan fingerprint density at radius 3 is 2.70 bits per heavy atom. The van der Waals surface area contributed by atoms with E-state index in [9.17, 15) is 8.42 Å². The van der Waals surface area contributed by atoms with E-state index in [4.69, 9.17) is 14.0 Å². The fraction of sp³-hybridized carbons (Fsp3) is 0.727. The number of aryl methyl sites for hydroxylation is 2. The van der Waals surface area contributed by atoms with E-state index in [0.717, 1.165) is 5.82 Å². The monoisotopic (exact) mass is 309 g/mol. The maximum Gasteiger partial charge on any atom is 0.397 e. The minimum atomic E-state index is -4.50. The van der Waals surface area contributed by atoms with Crippen molar-refractivity contribution >= 4 is 10.4 Å². The second kappa shape index (κ2) is 7.70. The number of methoxy groups -OCH3 is 1. The van der Waals surface area contributed by atoms with Gasteiger partial charge in [0.2, 0.25) is 0 Å². The van der Waals surface area contributed by atoms with Crippen LogP contribution in [0.3, 0.4) is 0 Å². The van der Waals surface area contributed by atoms with E-state index in [2.05, 4.69) is 4.18 Å². The van der Waals surface area contributed by atoms with Gasteiger partial charge in [-0.1, -0.05) is 0 Å². The van der Waals surface area contributed by atoms with Gasteiger partial charge in [-0.15, -0.1) is 0 Å². The first-order valence-electron chi connectivity index (χ1n) is 6.16. The minimum Gasteiger partial charge on any atom is -0.382 e. The predicted octanol–water partition coefficient (Wildman–Crippen LogP) is -0.144. The summed E-state index contributed by atoms with van der Waals surface area (Å²) in [5, 5.41) is 0. The summed E-state index contributed by atoms with van der Waals surface area (Å²) in [5.41, 5.74) is 0. The molecule has 1 unspecified atom stereocenters. The van der Waals surface area contributed by atoms with Gasteiger partial charge in [0.05, 0.1) is 26.8 Å². The van der Waals surface area contributed by atoms with Crippen molar-refractivity contribution in [3.05, 3.63) is 18.2 Å². The molecule has 0 aliphatic rings. The van der Waals surface area contributed by atoms with E-state index in [1.54, 1.807) is 7.11 Å². The molecule has 0 radical (unpaired) electrons.